The van der Waals surface area contributed by atoms with Crippen molar-refractivity contribution >= 4 is 5.97 Å². The van der Waals surface area contributed by atoms with Crippen LogP contribution in [-0.4, -0.2) is 12.1 Å². The first-order valence-electron chi connectivity index (χ1n) is 11.6. The minimum absolute atomic E-state index is 0.0577. The van der Waals surface area contributed by atoms with Crippen LogP contribution in [0.3, 0.4) is 0 Å². The molecule has 0 amide bonds. The molecule has 0 atom stereocenters. The van der Waals surface area contributed by atoms with Gasteiger partial charge in [0, 0.05) is 0 Å². The number of carbonyl (C=O) groups is 1. The lowest BCUT2D eigenvalue weighted by molar-refractivity contribution is 0.0195. The maximum absolute atomic E-state index is 12.5. The Hall–Kier alpha value is -2.09. The van der Waals surface area contributed by atoms with Crippen LogP contribution < -0.4 is 0 Å². The van der Waals surface area contributed by atoms with Crippen molar-refractivity contribution in [2.45, 2.75) is 90.1 Å². The molecular formula is C27H36O2. The van der Waals surface area contributed by atoms with Crippen molar-refractivity contribution in [3.63, 3.8) is 0 Å². The highest BCUT2D eigenvalue weighted by atomic mass is 16.5. The van der Waals surface area contributed by atoms with Crippen LogP contribution in [-0.2, 0) is 17.6 Å². The van der Waals surface area contributed by atoms with E-state index in [0.29, 0.717) is 11.5 Å². The number of carbonyl (C=O) groups excluding carboxylic acids is 1. The molecule has 0 unspecified atom stereocenters. The molecule has 0 saturated heterocycles. The van der Waals surface area contributed by atoms with Crippen LogP contribution in [0.2, 0.25) is 0 Å². The van der Waals surface area contributed by atoms with Gasteiger partial charge in [-0.05, 0) is 86.1 Å². The van der Waals surface area contributed by atoms with Gasteiger partial charge >= 0.3 is 5.97 Å². The van der Waals surface area contributed by atoms with Crippen molar-refractivity contribution in [1.82, 2.24) is 0 Å². The van der Waals surface area contributed by atoms with Gasteiger partial charge in [-0.2, -0.15) is 0 Å². The minimum atomic E-state index is -0.171. The average Bonchev–Trinajstić information content (AvgIpc) is 2.77. The number of ether oxygens (including phenoxy) is 1. The van der Waals surface area contributed by atoms with E-state index in [9.17, 15) is 4.79 Å². The van der Waals surface area contributed by atoms with Crippen molar-refractivity contribution in [3.8, 4) is 0 Å². The molecule has 2 heteroatoms. The Kier molecular flexibility index (Phi) is 8.34. The van der Waals surface area contributed by atoms with Crippen LogP contribution >= 0.6 is 0 Å². The van der Waals surface area contributed by atoms with E-state index in [1.54, 1.807) is 0 Å². The topological polar surface area (TPSA) is 26.3 Å². The Balaban J connectivity index is 1.46. The summed E-state index contributed by atoms with van der Waals surface area (Å²) >= 11 is 0. The molecule has 0 bridgehead atoms. The van der Waals surface area contributed by atoms with E-state index in [1.807, 2.05) is 12.1 Å². The van der Waals surface area contributed by atoms with Gasteiger partial charge in [-0.3, -0.25) is 0 Å². The third kappa shape index (κ3) is 6.45. The molecule has 1 aliphatic rings. The summed E-state index contributed by atoms with van der Waals surface area (Å²) in [4.78, 5) is 12.5. The number of benzene rings is 2. The van der Waals surface area contributed by atoms with Crippen LogP contribution in [0.15, 0.2) is 48.5 Å². The summed E-state index contributed by atoms with van der Waals surface area (Å²) in [6.07, 6.45) is 11.3. The van der Waals surface area contributed by atoms with Crippen molar-refractivity contribution in [3.05, 3.63) is 70.8 Å². The molecule has 2 nitrogen and oxygen atoms in total. The SMILES string of the molecule is CCCCc1ccc(C(=O)OC2CCC(c3ccc(CCCC)cc3)CC2)cc1. The van der Waals surface area contributed by atoms with Crippen molar-refractivity contribution in [2.24, 2.45) is 0 Å². The molecule has 0 heterocycles. The van der Waals surface area contributed by atoms with Gasteiger partial charge in [0.15, 0.2) is 0 Å². The lowest BCUT2D eigenvalue weighted by atomic mass is 9.82. The van der Waals surface area contributed by atoms with Crippen LogP contribution in [0.4, 0.5) is 0 Å². The fourth-order valence-electron chi connectivity index (χ4n) is 4.26. The second-order valence-corrected chi connectivity index (χ2v) is 8.52. The first-order chi connectivity index (χ1) is 14.2. The van der Waals surface area contributed by atoms with Crippen LogP contribution in [0.25, 0.3) is 0 Å². The fourth-order valence-corrected chi connectivity index (χ4v) is 4.26. The molecule has 2 aromatic carbocycles. The Morgan fingerprint density at radius 1 is 0.793 bits per heavy atom. The van der Waals surface area contributed by atoms with E-state index >= 15 is 0 Å². The number of aryl methyl sites for hydroxylation is 2. The van der Waals surface area contributed by atoms with E-state index < -0.39 is 0 Å². The van der Waals surface area contributed by atoms with E-state index in [4.69, 9.17) is 4.74 Å². The lowest BCUT2D eigenvalue weighted by Crippen LogP contribution is -2.24. The highest BCUT2D eigenvalue weighted by Crippen LogP contribution is 2.34. The van der Waals surface area contributed by atoms with Gasteiger partial charge in [-0.25, -0.2) is 4.79 Å². The van der Waals surface area contributed by atoms with E-state index in [-0.39, 0.29) is 12.1 Å². The average molecular weight is 393 g/mol. The Morgan fingerprint density at radius 2 is 1.31 bits per heavy atom. The predicted molar refractivity (Wildman–Crippen MR) is 121 cm³/mol. The number of hydrogen-bond donors (Lipinski definition) is 0. The highest BCUT2D eigenvalue weighted by molar-refractivity contribution is 5.89. The van der Waals surface area contributed by atoms with E-state index in [1.165, 1.54) is 48.8 Å². The molecule has 0 N–H and O–H groups in total. The molecular weight excluding hydrogens is 356 g/mol. The molecule has 156 valence electrons. The third-order valence-corrected chi connectivity index (χ3v) is 6.23. The smallest absolute Gasteiger partial charge is 0.338 e. The molecule has 29 heavy (non-hydrogen) atoms. The summed E-state index contributed by atoms with van der Waals surface area (Å²) in [6.45, 7) is 4.44. The summed E-state index contributed by atoms with van der Waals surface area (Å²) in [5, 5.41) is 0. The molecule has 1 aliphatic carbocycles. The molecule has 2 aromatic rings. The first-order valence-corrected chi connectivity index (χ1v) is 11.6. The first kappa shape index (κ1) is 21.6. The van der Waals surface area contributed by atoms with Gasteiger partial charge in [0.05, 0.1) is 5.56 Å². The molecule has 1 saturated carbocycles. The summed E-state index contributed by atoms with van der Waals surface area (Å²) in [5.41, 5.74) is 4.86. The van der Waals surface area contributed by atoms with E-state index in [0.717, 1.165) is 32.1 Å². The largest absolute Gasteiger partial charge is 0.459 e. The molecule has 0 aromatic heterocycles. The highest BCUT2D eigenvalue weighted by Gasteiger charge is 2.25. The molecule has 3 rings (SSSR count). The van der Waals surface area contributed by atoms with Gasteiger partial charge in [0.2, 0.25) is 0 Å². The van der Waals surface area contributed by atoms with Gasteiger partial charge < -0.3 is 4.74 Å². The number of unbranched alkanes of at least 4 members (excludes halogenated alkanes) is 2. The van der Waals surface area contributed by atoms with Crippen molar-refractivity contribution < 1.29 is 9.53 Å². The van der Waals surface area contributed by atoms with Gasteiger partial charge in [-0.1, -0.05) is 63.1 Å². The summed E-state index contributed by atoms with van der Waals surface area (Å²) < 4.78 is 5.81. The molecule has 0 radical (unpaired) electrons. The predicted octanol–water partition coefficient (Wildman–Crippen LogP) is 7.26. The summed E-state index contributed by atoms with van der Waals surface area (Å²) in [7, 11) is 0. The molecule has 0 spiro atoms. The fraction of sp³-hybridized carbons (Fsp3) is 0.519. The van der Waals surface area contributed by atoms with Gasteiger partial charge in [-0.15, -0.1) is 0 Å². The second kappa shape index (κ2) is 11.2. The zero-order valence-electron chi connectivity index (χ0n) is 18.2. The lowest BCUT2D eigenvalue weighted by Gasteiger charge is -2.28. The van der Waals surface area contributed by atoms with Crippen molar-refractivity contribution in [2.75, 3.05) is 0 Å². The number of rotatable bonds is 9. The number of esters is 1. The monoisotopic (exact) mass is 392 g/mol. The number of hydrogen-bond acceptors (Lipinski definition) is 2. The molecule has 1 fully saturated rings. The normalized spacial score (nSPS) is 19.1. The second-order valence-electron chi connectivity index (χ2n) is 8.52. The molecule has 0 aliphatic heterocycles. The zero-order chi connectivity index (χ0) is 20.5. The van der Waals surface area contributed by atoms with Crippen LogP contribution in [0, 0.1) is 0 Å². The summed E-state index contributed by atoms with van der Waals surface area (Å²) in [5.74, 6) is 0.429. The standard InChI is InChI=1S/C27H36O2/c1-3-5-7-21-9-13-23(14-10-21)24-17-19-26(20-18-24)29-27(28)25-15-11-22(12-16-25)8-6-4-2/h9-16,24,26H,3-8,17-20H2,1-2H3. The van der Waals surface area contributed by atoms with Gasteiger partial charge in [0.25, 0.3) is 0 Å². The zero-order valence-corrected chi connectivity index (χ0v) is 18.2. The van der Waals surface area contributed by atoms with Crippen LogP contribution in [0.5, 0.6) is 0 Å². The Bertz CT molecular complexity index is 737. The van der Waals surface area contributed by atoms with Crippen LogP contribution in [0.1, 0.15) is 98.2 Å². The van der Waals surface area contributed by atoms with E-state index in [2.05, 4.69) is 50.2 Å². The Labute approximate surface area is 176 Å². The maximum atomic E-state index is 12.5. The maximum Gasteiger partial charge on any atom is 0.338 e. The summed E-state index contributed by atoms with van der Waals surface area (Å²) in [6, 6.07) is 17.2. The third-order valence-electron chi connectivity index (χ3n) is 6.23. The quantitative estimate of drug-likeness (QED) is 0.420. The van der Waals surface area contributed by atoms with Gasteiger partial charge in [0.1, 0.15) is 6.10 Å². The van der Waals surface area contributed by atoms with Crippen molar-refractivity contribution in [1.29, 1.82) is 0 Å². The minimum Gasteiger partial charge on any atom is -0.459 e. The Morgan fingerprint density at radius 3 is 1.83 bits per heavy atom.